The normalized spacial score (nSPS) is 11.2. The number of rotatable bonds is 13. The zero-order valence-electron chi connectivity index (χ0n) is 27.7. The summed E-state index contributed by atoms with van der Waals surface area (Å²) in [6.45, 7) is 0.513. The van der Waals surface area contributed by atoms with Crippen molar-refractivity contribution < 1.29 is 9.85 Å². The molecule has 54 heavy (non-hydrogen) atoms. The molecule has 0 N–H and O–H groups in total. The van der Waals surface area contributed by atoms with E-state index < -0.39 is 9.85 Å². The Hall–Kier alpha value is -7.06. The van der Waals surface area contributed by atoms with E-state index in [9.17, 15) is 20.2 Å². The van der Waals surface area contributed by atoms with Crippen molar-refractivity contribution in [3.8, 4) is 34.2 Å². The first-order chi connectivity index (χ1) is 26.4. The van der Waals surface area contributed by atoms with Gasteiger partial charge in [-0.05, 0) is 67.4 Å². The summed E-state index contributed by atoms with van der Waals surface area (Å²) in [5.41, 5.74) is 4.44. The first-order valence-corrected chi connectivity index (χ1v) is 18.2. The molecule has 0 atom stereocenters. The Labute approximate surface area is 312 Å². The van der Waals surface area contributed by atoms with Crippen LogP contribution >= 0.6 is 21.6 Å². The number of nitrogens with zero attached hydrogens (tertiary/aromatic N) is 14. The molecule has 0 bridgehead atoms. The summed E-state index contributed by atoms with van der Waals surface area (Å²) in [6, 6.07) is 31.7. The minimum Gasteiger partial charge on any atom is -0.258 e. The van der Waals surface area contributed by atoms with Crippen LogP contribution in [0.1, 0.15) is 11.1 Å². The van der Waals surface area contributed by atoms with Crippen LogP contribution in [0.25, 0.3) is 34.2 Å². The summed E-state index contributed by atoms with van der Waals surface area (Å²) >= 11 is 0. The molecule has 0 fully saturated rings. The van der Waals surface area contributed by atoms with Crippen LogP contribution < -0.4 is 0 Å². The van der Waals surface area contributed by atoms with E-state index in [1.807, 2.05) is 60.7 Å². The molecule has 0 radical (unpaired) electrons. The second kappa shape index (κ2) is 14.9. The molecule has 266 valence electrons. The van der Waals surface area contributed by atoms with Crippen molar-refractivity contribution in [2.45, 2.75) is 23.1 Å². The first-order valence-electron chi connectivity index (χ1n) is 16.0. The number of hydrogen-bond donors (Lipinski definition) is 0. The van der Waals surface area contributed by atoms with Gasteiger partial charge in [0.1, 0.15) is 10.1 Å². The largest absolute Gasteiger partial charge is 0.269 e. The molecular weight excluding hydrogens is 733 g/mol. The zero-order valence-corrected chi connectivity index (χ0v) is 29.3. The van der Waals surface area contributed by atoms with Gasteiger partial charge in [-0.3, -0.25) is 20.2 Å². The van der Waals surface area contributed by atoms with Gasteiger partial charge in [-0.1, -0.05) is 60.7 Å². The zero-order chi connectivity index (χ0) is 37.0. The highest BCUT2D eigenvalue weighted by Crippen LogP contribution is 2.45. The van der Waals surface area contributed by atoms with Crippen molar-refractivity contribution in [3.05, 3.63) is 153 Å². The smallest absolute Gasteiger partial charge is 0.258 e. The quantitative estimate of drug-likeness (QED) is 0.0742. The Morgan fingerprint density at radius 3 is 1.30 bits per heavy atom. The molecule has 18 nitrogen and oxygen atoms in total. The van der Waals surface area contributed by atoms with Gasteiger partial charge in [0.15, 0.2) is 0 Å². The van der Waals surface area contributed by atoms with Gasteiger partial charge in [-0.25, -0.2) is 9.36 Å². The summed E-state index contributed by atoms with van der Waals surface area (Å²) in [5, 5.41) is 59.4. The van der Waals surface area contributed by atoms with Crippen LogP contribution in [0.5, 0.6) is 0 Å². The van der Waals surface area contributed by atoms with Crippen molar-refractivity contribution in [2.24, 2.45) is 0 Å². The van der Waals surface area contributed by atoms with E-state index in [1.54, 1.807) is 46.0 Å². The Balaban J connectivity index is 1.11. The third-order valence-electron chi connectivity index (χ3n) is 7.98. The lowest BCUT2D eigenvalue weighted by Gasteiger charge is -2.10. The SMILES string of the molecule is O=[N+]([O-])c1ccc(Cn2nnc(-c3cnn(-c4ccccc4)c3SSc3c(-c4nnn(Cc5ccc([N+](=O)[O-])cc5)n4)cnn3-c3ccccc3)n2)cc1. The molecule has 0 aliphatic rings. The van der Waals surface area contributed by atoms with Crippen molar-refractivity contribution >= 4 is 33.0 Å². The average Bonchev–Trinajstić information content (AvgIpc) is 4.02. The van der Waals surface area contributed by atoms with Gasteiger partial charge in [-0.15, -0.1) is 20.4 Å². The highest BCUT2D eigenvalue weighted by molar-refractivity contribution is 8.76. The fourth-order valence-electron chi connectivity index (χ4n) is 5.34. The van der Waals surface area contributed by atoms with Crippen LogP contribution in [0.4, 0.5) is 11.4 Å². The molecule has 0 saturated heterocycles. The molecule has 0 unspecified atom stereocenters. The number of aromatic nitrogens is 12. The maximum atomic E-state index is 11.1. The highest BCUT2D eigenvalue weighted by atomic mass is 33.1. The number of hydrogen-bond acceptors (Lipinski definition) is 14. The van der Waals surface area contributed by atoms with Crippen molar-refractivity contribution in [3.63, 3.8) is 0 Å². The van der Waals surface area contributed by atoms with Crippen molar-refractivity contribution in [1.82, 2.24) is 60.0 Å². The fourth-order valence-corrected chi connectivity index (χ4v) is 7.84. The molecule has 4 aromatic heterocycles. The molecule has 0 aliphatic carbocycles. The van der Waals surface area contributed by atoms with Crippen LogP contribution in [-0.4, -0.2) is 69.8 Å². The maximum absolute atomic E-state index is 11.1. The summed E-state index contributed by atoms with van der Waals surface area (Å²) in [4.78, 5) is 24.1. The highest BCUT2D eigenvalue weighted by Gasteiger charge is 2.24. The lowest BCUT2D eigenvalue weighted by Crippen LogP contribution is -2.04. The fraction of sp³-hybridized carbons (Fsp3) is 0.0588. The monoisotopic (exact) mass is 756 g/mol. The third kappa shape index (κ3) is 7.18. The summed E-state index contributed by atoms with van der Waals surface area (Å²) in [6.07, 6.45) is 3.37. The van der Waals surface area contributed by atoms with Gasteiger partial charge in [0, 0.05) is 24.3 Å². The Morgan fingerprint density at radius 1 is 0.537 bits per heavy atom. The van der Waals surface area contributed by atoms with Gasteiger partial charge in [-0.2, -0.15) is 19.8 Å². The van der Waals surface area contributed by atoms with Gasteiger partial charge in [0.2, 0.25) is 11.6 Å². The molecule has 0 spiro atoms. The van der Waals surface area contributed by atoms with Gasteiger partial charge < -0.3 is 0 Å². The van der Waals surface area contributed by atoms with E-state index in [1.165, 1.54) is 55.4 Å². The van der Waals surface area contributed by atoms with E-state index in [2.05, 4.69) is 30.8 Å². The number of benzene rings is 4. The molecule has 0 saturated carbocycles. The standard InChI is InChI=1S/C34H24N14O4S2/c49-47(50)27-15-11-23(12-16-27)21-43-39-31(37-41-43)29-19-35-45(25-7-3-1-4-8-25)33(29)53-54-34-30(20-36-46(34)26-9-5-2-6-10-26)32-38-42-44(40-32)22-24-13-17-28(18-14-24)48(51)52/h1-20H,21-22H2. The number of tetrazole rings is 2. The van der Waals surface area contributed by atoms with E-state index >= 15 is 0 Å². The molecule has 0 amide bonds. The lowest BCUT2D eigenvalue weighted by atomic mass is 10.2. The van der Waals surface area contributed by atoms with Gasteiger partial charge >= 0.3 is 0 Å². The second-order valence-electron chi connectivity index (χ2n) is 11.5. The first kappa shape index (κ1) is 34.0. The van der Waals surface area contributed by atoms with Crippen LogP contribution in [0.2, 0.25) is 0 Å². The number of para-hydroxylation sites is 2. The Kier molecular flexibility index (Phi) is 9.39. The number of nitro groups is 2. The molecule has 8 aromatic rings. The molecular formula is C34H24N14O4S2. The van der Waals surface area contributed by atoms with E-state index in [4.69, 9.17) is 10.2 Å². The minimum absolute atomic E-state index is 0.00195. The van der Waals surface area contributed by atoms with Crippen molar-refractivity contribution in [2.75, 3.05) is 0 Å². The molecule has 8 rings (SSSR count). The van der Waals surface area contributed by atoms with Crippen LogP contribution in [0.3, 0.4) is 0 Å². The van der Waals surface area contributed by atoms with Gasteiger partial charge in [0.05, 0.1) is 57.8 Å². The third-order valence-corrected chi connectivity index (χ3v) is 10.4. The van der Waals surface area contributed by atoms with Crippen LogP contribution in [0.15, 0.2) is 132 Å². The van der Waals surface area contributed by atoms with Crippen molar-refractivity contribution in [1.29, 1.82) is 0 Å². The van der Waals surface area contributed by atoms with Crippen LogP contribution in [-0.2, 0) is 13.1 Å². The predicted molar refractivity (Wildman–Crippen MR) is 197 cm³/mol. The summed E-state index contributed by atoms with van der Waals surface area (Å²) in [7, 11) is 2.83. The predicted octanol–water partition coefficient (Wildman–Crippen LogP) is 6.08. The topological polar surface area (TPSA) is 209 Å². The molecule has 4 heterocycles. The van der Waals surface area contributed by atoms with E-state index in [-0.39, 0.29) is 24.5 Å². The Morgan fingerprint density at radius 2 is 0.926 bits per heavy atom. The average molecular weight is 757 g/mol. The van der Waals surface area contributed by atoms with E-state index in [0.29, 0.717) is 32.8 Å². The maximum Gasteiger partial charge on any atom is 0.269 e. The number of non-ortho nitro benzene ring substituents is 2. The van der Waals surface area contributed by atoms with Gasteiger partial charge in [0.25, 0.3) is 11.4 Å². The van der Waals surface area contributed by atoms with E-state index in [0.717, 1.165) is 22.5 Å². The minimum atomic E-state index is -0.447. The number of nitro benzene ring substituents is 2. The lowest BCUT2D eigenvalue weighted by molar-refractivity contribution is -0.385. The molecule has 0 aliphatic heterocycles. The second-order valence-corrected chi connectivity index (χ2v) is 13.6. The van der Waals surface area contributed by atoms with Crippen LogP contribution in [0, 0.1) is 20.2 Å². The summed E-state index contributed by atoms with van der Waals surface area (Å²) < 4.78 is 3.59. The summed E-state index contributed by atoms with van der Waals surface area (Å²) in [5.74, 6) is 0.685. The molecule has 20 heteroatoms. The Bertz CT molecular complexity index is 2390. The molecule has 4 aromatic carbocycles.